The van der Waals surface area contributed by atoms with Crippen molar-refractivity contribution in [2.24, 2.45) is 11.3 Å². The number of urea groups is 1. The van der Waals surface area contributed by atoms with Crippen LogP contribution in [0.15, 0.2) is 18.2 Å². The third-order valence-electron chi connectivity index (χ3n) is 6.07. The second-order valence-electron chi connectivity index (χ2n) is 9.05. The number of benzene rings is 1. The zero-order valence-electron chi connectivity index (χ0n) is 16.9. The molecule has 2 fully saturated rings. The number of carbonyl (C=O) groups is 3. The predicted octanol–water partition coefficient (Wildman–Crippen LogP) is 4.11. The lowest BCUT2D eigenvalue weighted by Gasteiger charge is -2.40. The summed E-state index contributed by atoms with van der Waals surface area (Å²) in [4.78, 5) is 38.9. The molecule has 1 aromatic carbocycles. The van der Waals surface area contributed by atoms with Crippen LogP contribution in [0.3, 0.4) is 0 Å². The summed E-state index contributed by atoms with van der Waals surface area (Å²) in [5, 5.41) is 6.20. The monoisotopic (exact) mass is 405 g/mol. The number of anilines is 1. The average molecular weight is 406 g/mol. The van der Waals surface area contributed by atoms with Crippen molar-refractivity contribution in [2.75, 3.05) is 11.9 Å². The van der Waals surface area contributed by atoms with Crippen molar-refractivity contribution in [1.82, 2.24) is 10.2 Å². The number of halogens is 1. The van der Waals surface area contributed by atoms with Crippen LogP contribution >= 0.6 is 11.6 Å². The summed E-state index contributed by atoms with van der Waals surface area (Å²) in [5.74, 6) is -0.171. The van der Waals surface area contributed by atoms with Crippen LogP contribution in [0.2, 0.25) is 5.02 Å². The lowest BCUT2D eigenvalue weighted by molar-refractivity contribution is -0.135. The van der Waals surface area contributed by atoms with E-state index < -0.39 is 17.5 Å². The van der Waals surface area contributed by atoms with E-state index in [9.17, 15) is 14.4 Å². The first-order valence-corrected chi connectivity index (χ1v) is 10.1. The normalized spacial score (nSPS) is 25.2. The molecule has 0 atom stereocenters. The quantitative estimate of drug-likeness (QED) is 0.742. The molecule has 1 aliphatic carbocycles. The highest BCUT2D eigenvalue weighted by Crippen LogP contribution is 2.43. The highest BCUT2D eigenvalue weighted by Gasteiger charge is 2.53. The standard InChI is InChI=1S/C21H28ClN3O3/c1-13-11-15(22)5-6-16(13)23-17(26)12-25-18(27)21(24-19(25)28)9-7-14(8-10-21)20(2,3)4/h5-6,11,14H,7-10,12H2,1-4H3,(H,23,26)(H,24,28). The Bertz CT molecular complexity index is 808. The van der Waals surface area contributed by atoms with Crippen molar-refractivity contribution in [3.63, 3.8) is 0 Å². The molecule has 0 unspecified atom stereocenters. The molecule has 1 heterocycles. The molecule has 0 bridgehead atoms. The summed E-state index contributed by atoms with van der Waals surface area (Å²) in [6.07, 6.45) is 3.01. The molecular formula is C21H28ClN3O3. The van der Waals surface area contributed by atoms with Crippen molar-refractivity contribution < 1.29 is 14.4 Å². The number of rotatable bonds is 3. The van der Waals surface area contributed by atoms with Gasteiger partial charge in [-0.1, -0.05) is 32.4 Å². The predicted molar refractivity (Wildman–Crippen MR) is 109 cm³/mol. The van der Waals surface area contributed by atoms with Gasteiger partial charge in [-0.3, -0.25) is 14.5 Å². The molecule has 7 heteroatoms. The first-order valence-electron chi connectivity index (χ1n) is 9.72. The van der Waals surface area contributed by atoms with Gasteiger partial charge in [-0.2, -0.15) is 0 Å². The van der Waals surface area contributed by atoms with E-state index in [4.69, 9.17) is 11.6 Å². The third kappa shape index (κ3) is 4.02. The molecule has 1 aromatic rings. The Balaban J connectivity index is 1.65. The summed E-state index contributed by atoms with van der Waals surface area (Å²) >= 11 is 5.93. The Labute approximate surface area is 171 Å². The van der Waals surface area contributed by atoms with Gasteiger partial charge in [-0.15, -0.1) is 0 Å². The molecule has 152 valence electrons. The van der Waals surface area contributed by atoms with E-state index in [2.05, 4.69) is 31.4 Å². The van der Waals surface area contributed by atoms with E-state index in [-0.39, 0.29) is 17.9 Å². The number of imide groups is 1. The summed E-state index contributed by atoms with van der Waals surface area (Å²) in [6.45, 7) is 8.16. The molecule has 4 amide bonds. The minimum absolute atomic E-state index is 0.184. The van der Waals surface area contributed by atoms with E-state index in [0.29, 0.717) is 29.5 Å². The third-order valence-corrected chi connectivity index (χ3v) is 6.31. The average Bonchev–Trinajstić information content (AvgIpc) is 2.81. The maximum atomic E-state index is 13.0. The minimum atomic E-state index is -0.852. The molecule has 1 saturated carbocycles. The van der Waals surface area contributed by atoms with Crippen LogP contribution in [0.25, 0.3) is 0 Å². The molecule has 6 nitrogen and oxygen atoms in total. The van der Waals surface area contributed by atoms with Crippen LogP contribution in [-0.2, 0) is 9.59 Å². The van der Waals surface area contributed by atoms with E-state index in [1.54, 1.807) is 18.2 Å². The van der Waals surface area contributed by atoms with Crippen LogP contribution in [0.4, 0.5) is 10.5 Å². The van der Waals surface area contributed by atoms with Gasteiger partial charge in [0, 0.05) is 10.7 Å². The lowest BCUT2D eigenvalue weighted by atomic mass is 9.67. The zero-order valence-corrected chi connectivity index (χ0v) is 17.7. The molecule has 28 heavy (non-hydrogen) atoms. The summed E-state index contributed by atoms with van der Waals surface area (Å²) < 4.78 is 0. The number of aryl methyl sites for hydroxylation is 1. The molecule has 2 N–H and O–H groups in total. The van der Waals surface area contributed by atoms with Crippen molar-refractivity contribution in [3.05, 3.63) is 28.8 Å². The number of carbonyl (C=O) groups excluding carboxylic acids is 3. The van der Waals surface area contributed by atoms with Gasteiger partial charge in [-0.05, 0) is 67.7 Å². The van der Waals surface area contributed by atoms with Gasteiger partial charge in [0.15, 0.2) is 0 Å². The van der Waals surface area contributed by atoms with Crippen LogP contribution in [0.1, 0.15) is 52.0 Å². The van der Waals surface area contributed by atoms with Crippen molar-refractivity contribution in [1.29, 1.82) is 0 Å². The van der Waals surface area contributed by atoms with Crippen LogP contribution in [0, 0.1) is 18.3 Å². The number of nitrogens with zero attached hydrogens (tertiary/aromatic N) is 1. The summed E-state index contributed by atoms with van der Waals surface area (Å²) in [6, 6.07) is 4.65. The Morgan fingerprint density at radius 1 is 1.29 bits per heavy atom. The molecule has 0 aromatic heterocycles. The van der Waals surface area contributed by atoms with E-state index >= 15 is 0 Å². The second kappa shape index (κ2) is 7.39. The highest BCUT2D eigenvalue weighted by atomic mass is 35.5. The second-order valence-corrected chi connectivity index (χ2v) is 9.49. The van der Waals surface area contributed by atoms with Gasteiger partial charge < -0.3 is 10.6 Å². The van der Waals surface area contributed by atoms with Gasteiger partial charge >= 0.3 is 6.03 Å². The zero-order chi connectivity index (χ0) is 20.7. The Morgan fingerprint density at radius 2 is 1.93 bits per heavy atom. The van der Waals surface area contributed by atoms with Gasteiger partial charge in [0.25, 0.3) is 5.91 Å². The topological polar surface area (TPSA) is 78.5 Å². The molecule has 3 rings (SSSR count). The van der Waals surface area contributed by atoms with E-state index in [1.807, 2.05) is 6.92 Å². The molecule has 1 aliphatic heterocycles. The first-order chi connectivity index (χ1) is 13.0. The molecule has 0 radical (unpaired) electrons. The first kappa shape index (κ1) is 20.6. The highest BCUT2D eigenvalue weighted by molar-refractivity contribution is 6.30. The molecular weight excluding hydrogens is 378 g/mol. The Morgan fingerprint density at radius 3 is 2.50 bits per heavy atom. The SMILES string of the molecule is Cc1cc(Cl)ccc1NC(=O)CN1C(=O)NC2(CCC(C(C)(C)C)CC2)C1=O. The number of amides is 4. The van der Waals surface area contributed by atoms with Gasteiger partial charge in [0.05, 0.1) is 0 Å². The summed E-state index contributed by atoms with van der Waals surface area (Å²) in [5.41, 5.74) is 0.760. The van der Waals surface area contributed by atoms with Crippen molar-refractivity contribution >= 4 is 35.1 Å². The molecule has 1 spiro atoms. The molecule has 2 aliphatic rings. The van der Waals surface area contributed by atoms with Crippen LogP contribution < -0.4 is 10.6 Å². The fourth-order valence-corrected chi connectivity index (χ4v) is 4.46. The maximum absolute atomic E-state index is 13.0. The summed E-state index contributed by atoms with van der Waals surface area (Å²) in [7, 11) is 0. The fraction of sp³-hybridized carbons (Fsp3) is 0.571. The lowest BCUT2D eigenvalue weighted by Crippen LogP contribution is -2.51. The van der Waals surface area contributed by atoms with E-state index in [1.165, 1.54) is 0 Å². The molecule has 1 saturated heterocycles. The number of hydrogen-bond acceptors (Lipinski definition) is 3. The van der Waals surface area contributed by atoms with Crippen LogP contribution in [0.5, 0.6) is 0 Å². The number of nitrogens with one attached hydrogen (secondary N) is 2. The Kier molecular flexibility index (Phi) is 5.45. The van der Waals surface area contributed by atoms with Crippen molar-refractivity contribution in [2.45, 2.75) is 58.9 Å². The maximum Gasteiger partial charge on any atom is 0.325 e. The smallest absolute Gasteiger partial charge is 0.324 e. The minimum Gasteiger partial charge on any atom is -0.324 e. The Hall–Kier alpha value is -2.08. The van der Waals surface area contributed by atoms with Gasteiger partial charge in [0.1, 0.15) is 12.1 Å². The van der Waals surface area contributed by atoms with Crippen molar-refractivity contribution in [3.8, 4) is 0 Å². The van der Waals surface area contributed by atoms with Gasteiger partial charge in [-0.25, -0.2) is 4.79 Å². The van der Waals surface area contributed by atoms with Crippen LogP contribution in [-0.4, -0.2) is 34.8 Å². The van der Waals surface area contributed by atoms with Gasteiger partial charge in [0.2, 0.25) is 5.91 Å². The number of hydrogen-bond donors (Lipinski definition) is 2. The van der Waals surface area contributed by atoms with E-state index in [0.717, 1.165) is 23.3 Å². The largest absolute Gasteiger partial charge is 0.325 e. The fourth-order valence-electron chi connectivity index (χ4n) is 4.24.